The Balaban J connectivity index is 1.44. The number of carbonyl (C=O) groups excluding carboxylic acids is 2. The van der Waals surface area contributed by atoms with E-state index in [-0.39, 0.29) is 24.1 Å². The molecule has 1 aliphatic heterocycles. The maximum absolute atomic E-state index is 12.4. The second-order valence-electron chi connectivity index (χ2n) is 9.69. The Kier molecular flexibility index (Phi) is 6.29. The van der Waals surface area contributed by atoms with Gasteiger partial charge in [0, 0.05) is 43.5 Å². The van der Waals surface area contributed by atoms with E-state index >= 15 is 0 Å². The van der Waals surface area contributed by atoms with Crippen LogP contribution < -0.4 is 4.74 Å². The van der Waals surface area contributed by atoms with E-state index in [0.29, 0.717) is 12.4 Å². The van der Waals surface area contributed by atoms with Crippen LogP contribution in [0.4, 0.5) is 4.79 Å². The third kappa shape index (κ3) is 4.82. The number of ether oxygens (including phenoxy) is 2. The molecule has 2 amide bonds. The third-order valence-corrected chi connectivity index (χ3v) is 7.39. The number of hydrogen-bond donors (Lipinski definition) is 0. The summed E-state index contributed by atoms with van der Waals surface area (Å²) in [6, 6.07) is 0.146. The topological polar surface area (TPSA) is 84.9 Å². The summed E-state index contributed by atoms with van der Waals surface area (Å²) in [6.07, 6.45) is 5.56. The Hall–Kier alpha value is -2.42. The van der Waals surface area contributed by atoms with E-state index in [9.17, 15) is 9.59 Å². The van der Waals surface area contributed by atoms with Crippen LogP contribution >= 0.6 is 11.3 Å². The molecule has 0 radical (unpaired) electrons. The van der Waals surface area contributed by atoms with Gasteiger partial charge in [-0.1, -0.05) is 0 Å². The number of rotatable bonds is 3. The van der Waals surface area contributed by atoms with Crippen LogP contribution in [0.25, 0.3) is 10.2 Å². The molecule has 0 bridgehead atoms. The van der Waals surface area contributed by atoms with E-state index in [1.807, 2.05) is 32.7 Å². The molecular formula is C23H32N4O4S. The van der Waals surface area contributed by atoms with Gasteiger partial charge in [-0.3, -0.25) is 4.79 Å². The van der Waals surface area contributed by atoms with Gasteiger partial charge >= 0.3 is 6.09 Å². The van der Waals surface area contributed by atoms with Crippen molar-refractivity contribution in [3.8, 4) is 5.88 Å². The largest absolute Gasteiger partial charge is 0.474 e. The molecule has 1 fully saturated rings. The smallest absolute Gasteiger partial charge is 0.410 e. The number of thiophene rings is 1. The van der Waals surface area contributed by atoms with E-state index in [1.54, 1.807) is 29.5 Å². The van der Waals surface area contributed by atoms with E-state index in [2.05, 4.69) is 9.97 Å². The highest BCUT2D eigenvalue weighted by Gasteiger charge is 2.31. The van der Waals surface area contributed by atoms with E-state index in [4.69, 9.17) is 9.47 Å². The highest BCUT2D eigenvalue weighted by molar-refractivity contribution is 7.18. The molecule has 2 aromatic heterocycles. The van der Waals surface area contributed by atoms with Gasteiger partial charge < -0.3 is 19.3 Å². The molecule has 0 saturated heterocycles. The monoisotopic (exact) mass is 460 g/mol. The van der Waals surface area contributed by atoms with Crippen molar-refractivity contribution in [2.75, 3.05) is 13.6 Å². The first-order chi connectivity index (χ1) is 15.1. The second-order valence-corrected chi connectivity index (χ2v) is 10.8. The number of aromatic nitrogens is 2. The zero-order chi connectivity index (χ0) is 23.0. The summed E-state index contributed by atoms with van der Waals surface area (Å²) in [7, 11) is 1.81. The molecule has 2 aromatic rings. The lowest BCUT2D eigenvalue weighted by atomic mass is 9.92. The summed E-state index contributed by atoms with van der Waals surface area (Å²) in [5.41, 5.74) is 0.627. The van der Waals surface area contributed by atoms with Crippen LogP contribution in [0, 0.1) is 0 Å². The Morgan fingerprint density at radius 3 is 2.56 bits per heavy atom. The Morgan fingerprint density at radius 1 is 1.19 bits per heavy atom. The van der Waals surface area contributed by atoms with Crippen LogP contribution in [-0.4, -0.2) is 63.1 Å². The second kappa shape index (κ2) is 8.84. The van der Waals surface area contributed by atoms with Gasteiger partial charge in [-0.05, 0) is 52.9 Å². The van der Waals surface area contributed by atoms with E-state index in [0.717, 1.165) is 54.4 Å². The predicted molar refractivity (Wildman–Crippen MR) is 123 cm³/mol. The normalized spacial score (nSPS) is 21.2. The number of carbonyl (C=O) groups is 2. The standard InChI is InChI=1S/C23H32N4O4S/c1-14(28)27-11-10-18-17(12-27)19-20(24-13-25-21(19)32-18)30-16-8-6-15(7-9-16)26(5)22(29)31-23(2,3)4/h13,15-16H,6-12H2,1-5H3. The van der Waals surface area contributed by atoms with Crippen LogP contribution in [0.15, 0.2) is 6.33 Å². The van der Waals surface area contributed by atoms with Gasteiger partial charge in [0.05, 0.1) is 5.39 Å². The summed E-state index contributed by atoms with van der Waals surface area (Å²) in [4.78, 5) is 39.0. The minimum absolute atomic E-state index is 0.0411. The van der Waals surface area contributed by atoms with Crippen LogP contribution in [0.3, 0.4) is 0 Å². The molecule has 174 valence electrons. The maximum atomic E-state index is 12.4. The van der Waals surface area contributed by atoms with Crippen molar-refractivity contribution < 1.29 is 19.1 Å². The van der Waals surface area contributed by atoms with Crippen molar-refractivity contribution in [1.82, 2.24) is 19.8 Å². The Bertz CT molecular complexity index is 1010. The van der Waals surface area contributed by atoms with Crippen molar-refractivity contribution >= 4 is 33.6 Å². The molecule has 8 nitrogen and oxygen atoms in total. The fraction of sp³-hybridized carbons (Fsp3) is 0.652. The first-order valence-electron chi connectivity index (χ1n) is 11.3. The molecule has 0 aromatic carbocycles. The van der Waals surface area contributed by atoms with Crippen molar-refractivity contribution in [1.29, 1.82) is 0 Å². The first kappa shape index (κ1) is 22.8. The lowest BCUT2D eigenvalue weighted by molar-refractivity contribution is -0.129. The van der Waals surface area contributed by atoms with Crippen molar-refractivity contribution in [2.45, 2.75) is 84.1 Å². The minimum atomic E-state index is -0.498. The molecule has 0 atom stereocenters. The maximum Gasteiger partial charge on any atom is 0.410 e. The van der Waals surface area contributed by atoms with Crippen LogP contribution in [0.5, 0.6) is 5.88 Å². The Morgan fingerprint density at radius 2 is 1.91 bits per heavy atom. The average Bonchev–Trinajstić information content (AvgIpc) is 3.11. The summed E-state index contributed by atoms with van der Waals surface area (Å²) in [5, 5.41) is 0.950. The summed E-state index contributed by atoms with van der Waals surface area (Å²) in [6.45, 7) is 8.58. The molecule has 9 heteroatoms. The van der Waals surface area contributed by atoms with Gasteiger partial charge in [-0.2, -0.15) is 0 Å². The lowest BCUT2D eigenvalue weighted by Gasteiger charge is -2.35. The molecule has 0 spiro atoms. The third-order valence-electron chi connectivity index (χ3n) is 6.19. The molecular weight excluding hydrogens is 428 g/mol. The molecule has 0 unspecified atom stereocenters. The minimum Gasteiger partial charge on any atom is -0.474 e. The first-order valence-corrected chi connectivity index (χ1v) is 12.1. The molecule has 1 aliphatic carbocycles. The highest BCUT2D eigenvalue weighted by atomic mass is 32.1. The zero-order valence-corrected chi connectivity index (χ0v) is 20.3. The average molecular weight is 461 g/mol. The van der Waals surface area contributed by atoms with Gasteiger partial charge in [-0.25, -0.2) is 14.8 Å². The van der Waals surface area contributed by atoms with Gasteiger partial charge in [0.15, 0.2) is 0 Å². The number of nitrogens with zero attached hydrogens (tertiary/aromatic N) is 4. The number of fused-ring (bicyclic) bond motifs is 3. The van der Waals surface area contributed by atoms with Crippen molar-refractivity contribution in [3.63, 3.8) is 0 Å². The molecule has 1 saturated carbocycles. The molecule has 2 aliphatic rings. The van der Waals surface area contributed by atoms with E-state index in [1.165, 1.54) is 4.88 Å². The van der Waals surface area contributed by atoms with Crippen LogP contribution in [-0.2, 0) is 22.5 Å². The lowest BCUT2D eigenvalue weighted by Crippen LogP contribution is -2.43. The van der Waals surface area contributed by atoms with Gasteiger partial charge in [0.2, 0.25) is 11.8 Å². The fourth-order valence-corrected chi connectivity index (χ4v) is 5.56. The van der Waals surface area contributed by atoms with Crippen molar-refractivity contribution in [3.05, 3.63) is 16.8 Å². The highest BCUT2D eigenvalue weighted by Crippen LogP contribution is 2.39. The number of hydrogen-bond acceptors (Lipinski definition) is 7. The van der Waals surface area contributed by atoms with Crippen LogP contribution in [0.2, 0.25) is 0 Å². The summed E-state index contributed by atoms with van der Waals surface area (Å²) < 4.78 is 11.9. The summed E-state index contributed by atoms with van der Waals surface area (Å²) in [5.74, 6) is 0.698. The van der Waals surface area contributed by atoms with E-state index < -0.39 is 5.60 Å². The Labute approximate surface area is 192 Å². The predicted octanol–water partition coefficient (Wildman–Crippen LogP) is 4.15. The zero-order valence-electron chi connectivity index (χ0n) is 19.5. The molecule has 32 heavy (non-hydrogen) atoms. The van der Waals surface area contributed by atoms with Gasteiger partial charge in [0.25, 0.3) is 0 Å². The summed E-state index contributed by atoms with van der Waals surface area (Å²) >= 11 is 1.67. The molecule has 0 N–H and O–H groups in total. The molecule has 3 heterocycles. The van der Waals surface area contributed by atoms with Gasteiger partial charge in [-0.15, -0.1) is 11.3 Å². The quantitative estimate of drug-likeness (QED) is 0.684. The molecule has 4 rings (SSSR count). The van der Waals surface area contributed by atoms with Crippen molar-refractivity contribution in [2.24, 2.45) is 0 Å². The SMILES string of the molecule is CC(=O)N1CCc2sc3ncnc(OC4CCC(N(C)C(=O)OC(C)(C)C)CC4)c3c2C1. The van der Waals surface area contributed by atoms with Crippen LogP contribution in [0.1, 0.15) is 63.8 Å². The fourth-order valence-electron chi connectivity index (χ4n) is 4.43. The number of amides is 2. The van der Waals surface area contributed by atoms with Gasteiger partial charge in [0.1, 0.15) is 22.9 Å².